The molecule has 0 saturated heterocycles. The highest BCUT2D eigenvalue weighted by Crippen LogP contribution is 2.18. The van der Waals surface area contributed by atoms with Gasteiger partial charge in [-0.05, 0) is 0 Å². The number of aliphatic hydroxyl groups excluding tert-OH is 3. The Morgan fingerprint density at radius 1 is 1.57 bits per heavy atom. The van der Waals surface area contributed by atoms with Crippen molar-refractivity contribution in [2.75, 3.05) is 19.9 Å². The van der Waals surface area contributed by atoms with Gasteiger partial charge < -0.3 is 20.1 Å². The topological polar surface area (TPSA) is 69.9 Å². The molecule has 0 rings (SSSR count). The fourth-order valence-electron chi connectivity index (χ4n) is 0.925. The quantitative estimate of drug-likeness (QED) is 0.334. The number of terminal acetylenes is 1. The lowest BCUT2D eigenvalue weighted by molar-refractivity contribution is -0.157. The van der Waals surface area contributed by atoms with Crippen molar-refractivity contribution in [3.8, 4) is 12.3 Å². The summed E-state index contributed by atoms with van der Waals surface area (Å²) >= 11 is 0. The van der Waals surface area contributed by atoms with E-state index >= 15 is 0 Å². The standard InChI is InChI=1S/C8H14BFO4/c1-2-6(13)8(4-10,5-12)14-7(9)3-11/h1,6-7,11-13H,3-5,9H2/t6-,7+,8+/m0/s1. The fraction of sp³-hybridized carbons (Fsp3) is 0.750. The highest BCUT2D eigenvalue weighted by Gasteiger charge is 2.39. The molecule has 4 nitrogen and oxygen atoms in total. The van der Waals surface area contributed by atoms with Crippen LogP contribution in [0.15, 0.2) is 0 Å². The summed E-state index contributed by atoms with van der Waals surface area (Å²) in [5.41, 5.74) is -1.84. The van der Waals surface area contributed by atoms with Crippen molar-refractivity contribution in [1.82, 2.24) is 0 Å². The van der Waals surface area contributed by atoms with Crippen LogP contribution >= 0.6 is 0 Å². The summed E-state index contributed by atoms with van der Waals surface area (Å²) in [7, 11) is 1.48. The summed E-state index contributed by atoms with van der Waals surface area (Å²) in [5, 5.41) is 26.9. The van der Waals surface area contributed by atoms with Crippen molar-refractivity contribution < 1.29 is 24.4 Å². The van der Waals surface area contributed by atoms with Gasteiger partial charge in [0.2, 0.25) is 0 Å². The molecule has 0 fully saturated rings. The SMILES string of the molecule is B[C@@H](CO)O[C@@](CO)(CF)[C@@H](O)C#C. The second-order valence-electron chi connectivity index (χ2n) is 3.04. The molecule has 80 valence electrons. The Morgan fingerprint density at radius 3 is 2.43 bits per heavy atom. The first-order valence-electron chi connectivity index (χ1n) is 4.16. The number of hydrogen-bond donors (Lipinski definition) is 3. The maximum Gasteiger partial charge on any atom is 0.156 e. The van der Waals surface area contributed by atoms with E-state index in [9.17, 15) is 9.50 Å². The molecule has 0 aromatic carbocycles. The van der Waals surface area contributed by atoms with Gasteiger partial charge in [0.05, 0.1) is 13.2 Å². The third-order valence-corrected chi connectivity index (χ3v) is 1.84. The van der Waals surface area contributed by atoms with Crippen LogP contribution in [0.25, 0.3) is 0 Å². The average molecular weight is 204 g/mol. The van der Waals surface area contributed by atoms with Crippen LogP contribution in [0.5, 0.6) is 0 Å². The zero-order valence-corrected chi connectivity index (χ0v) is 7.98. The number of hydrogen-bond acceptors (Lipinski definition) is 4. The van der Waals surface area contributed by atoms with Crippen LogP contribution in [0.1, 0.15) is 0 Å². The Labute approximate surface area is 83.1 Å². The van der Waals surface area contributed by atoms with E-state index < -0.39 is 31.0 Å². The van der Waals surface area contributed by atoms with E-state index in [1.54, 1.807) is 0 Å². The van der Waals surface area contributed by atoms with E-state index in [0.29, 0.717) is 0 Å². The summed E-state index contributed by atoms with van der Waals surface area (Å²) in [6.07, 6.45) is 3.36. The van der Waals surface area contributed by atoms with Crippen molar-refractivity contribution in [3.05, 3.63) is 0 Å². The normalized spacial score (nSPS) is 19.4. The van der Waals surface area contributed by atoms with E-state index in [0.717, 1.165) is 0 Å². The summed E-state index contributed by atoms with van der Waals surface area (Å²) < 4.78 is 17.6. The van der Waals surface area contributed by atoms with E-state index in [1.807, 2.05) is 5.92 Å². The molecule has 6 heteroatoms. The fourth-order valence-corrected chi connectivity index (χ4v) is 0.925. The highest BCUT2D eigenvalue weighted by atomic mass is 19.1. The highest BCUT2D eigenvalue weighted by molar-refractivity contribution is 6.11. The van der Waals surface area contributed by atoms with Crippen molar-refractivity contribution in [1.29, 1.82) is 0 Å². The van der Waals surface area contributed by atoms with Crippen LogP contribution in [-0.4, -0.2) is 60.8 Å². The lowest BCUT2D eigenvalue weighted by Gasteiger charge is -2.33. The van der Waals surface area contributed by atoms with E-state index in [2.05, 4.69) is 0 Å². The summed E-state index contributed by atoms with van der Waals surface area (Å²) in [6.45, 7) is -2.22. The van der Waals surface area contributed by atoms with Gasteiger partial charge in [0.15, 0.2) is 5.60 Å². The van der Waals surface area contributed by atoms with Gasteiger partial charge in [0.25, 0.3) is 0 Å². The van der Waals surface area contributed by atoms with Gasteiger partial charge in [0, 0.05) is 6.00 Å². The smallest absolute Gasteiger partial charge is 0.156 e. The molecule has 0 aliphatic carbocycles. The van der Waals surface area contributed by atoms with Crippen LogP contribution < -0.4 is 0 Å². The lowest BCUT2D eigenvalue weighted by atomic mass is 9.95. The Morgan fingerprint density at radius 2 is 2.14 bits per heavy atom. The number of rotatable bonds is 6. The van der Waals surface area contributed by atoms with Crippen molar-refractivity contribution in [3.63, 3.8) is 0 Å². The number of aliphatic hydroxyl groups is 3. The van der Waals surface area contributed by atoms with Crippen LogP contribution in [0.3, 0.4) is 0 Å². The second kappa shape index (κ2) is 5.99. The first-order chi connectivity index (χ1) is 6.56. The van der Waals surface area contributed by atoms with Crippen molar-refractivity contribution in [2.24, 2.45) is 0 Å². The largest absolute Gasteiger partial charge is 0.394 e. The molecule has 0 aliphatic rings. The molecule has 0 spiro atoms. The van der Waals surface area contributed by atoms with Gasteiger partial charge in [-0.3, -0.25) is 0 Å². The molecule has 0 radical (unpaired) electrons. The van der Waals surface area contributed by atoms with Gasteiger partial charge >= 0.3 is 0 Å². The van der Waals surface area contributed by atoms with E-state index in [1.165, 1.54) is 7.85 Å². The third kappa shape index (κ3) is 2.96. The number of halogens is 1. The minimum Gasteiger partial charge on any atom is -0.394 e. The van der Waals surface area contributed by atoms with Crippen molar-refractivity contribution in [2.45, 2.75) is 17.7 Å². The molecule has 0 heterocycles. The Balaban J connectivity index is 4.62. The summed E-state index contributed by atoms with van der Waals surface area (Å²) in [4.78, 5) is 0. The van der Waals surface area contributed by atoms with E-state index in [-0.39, 0.29) is 6.61 Å². The molecule has 0 bridgehead atoms. The first-order valence-corrected chi connectivity index (χ1v) is 4.16. The number of alkyl halides is 1. The zero-order valence-electron chi connectivity index (χ0n) is 7.98. The summed E-state index contributed by atoms with van der Waals surface area (Å²) in [5.74, 6) is 1.89. The molecule has 14 heavy (non-hydrogen) atoms. The van der Waals surface area contributed by atoms with Gasteiger partial charge in [-0.25, -0.2) is 4.39 Å². The lowest BCUT2D eigenvalue weighted by Crippen LogP contribution is -2.52. The monoisotopic (exact) mass is 204 g/mol. The van der Waals surface area contributed by atoms with Gasteiger partial charge in [-0.1, -0.05) is 5.92 Å². The molecular formula is C8H14BFO4. The predicted molar refractivity (Wildman–Crippen MR) is 51.1 cm³/mol. The molecule has 0 unspecified atom stereocenters. The molecule has 3 atom stereocenters. The third-order valence-electron chi connectivity index (χ3n) is 1.84. The molecule has 3 N–H and O–H groups in total. The van der Waals surface area contributed by atoms with Gasteiger partial charge in [-0.2, -0.15) is 0 Å². The Kier molecular flexibility index (Phi) is 5.73. The Bertz CT molecular complexity index is 202. The van der Waals surface area contributed by atoms with Crippen molar-refractivity contribution >= 4 is 7.85 Å². The molecular weight excluding hydrogens is 190 g/mol. The van der Waals surface area contributed by atoms with Crippen LogP contribution in [0.2, 0.25) is 0 Å². The van der Waals surface area contributed by atoms with E-state index in [4.69, 9.17) is 21.4 Å². The first kappa shape index (κ1) is 13.4. The van der Waals surface area contributed by atoms with Crippen LogP contribution in [0, 0.1) is 12.3 Å². The Hall–Kier alpha value is -0.605. The predicted octanol–water partition coefficient (Wildman–Crippen LogP) is -2.35. The molecule has 0 aromatic heterocycles. The molecule has 0 amide bonds. The maximum atomic E-state index is 12.6. The molecule has 0 aromatic rings. The zero-order chi connectivity index (χ0) is 11.2. The second-order valence-corrected chi connectivity index (χ2v) is 3.04. The minimum absolute atomic E-state index is 0.348. The van der Waals surface area contributed by atoms with Crippen LogP contribution in [-0.2, 0) is 4.74 Å². The minimum atomic E-state index is -1.84. The van der Waals surface area contributed by atoms with Crippen LogP contribution in [0.4, 0.5) is 4.39 Å². The average Bonchev–Trinajstić information content (AvgIpc) is 2.24. The van der Waals surface area contributed by atoms with Gasteiger partial charge in [-0.15, -0.1) is 6.42 Å². The maximum absolute atomic E-state index is 12.6. The number of ether oxygens (including phenoxy) is 1. The molecule has 0 aliphatic heterocycles. The summed E-state index contributed by atoms with van der Waals surface area (Å²) in [6, 6.07) is -0.708. The van der Waals surface area contributed by atoms with Gasteiger partial charge in [0.1, 0.15) is 20.6 Å². The molecule has 0 saturated carbocycles.